The lowest BCUT2D eigenvalue weighted by Crippen LogP contribution is -2.13. The number of hydrogen-bond donors (Lipinski definition) is 1. The summed E-state index contributed by atoms with van der Waals surface area (Å²) in [5.41, 5.74) is 4.51. The number of methoxy groups -OCH3 is 2. The molecule has 0 aliphatic heterocycles. The number of halogens is 2. The van der Waals surface area contributed by atoms with Crippen molar-refractivity contribution < 1.29 is 23.0 Å². The zero-order valence-electron chi connectivity index (χ0n) is 9.55. The quantitative estimate of drug-likeness (QED) is 0.799. The zero-order valence-corrected chi connectivity index (χ0v) is 9.55. The summed E-state index contributed by atoms with van der Waals surface area (Å²) in [7, 11) is 2.43. The van der Waals surface area contributed by atoms with Gasteiger partial charge in [-0.3, -0.25) is 4.79 Å². The van der Waals surface area contributed by atoms with E-state index in [-0.39, 0.29) is 24.5 Å². The Labute approximate surface area is 97.3 Å². The molecule has 0 bridgehead atoms. The molecule has 0 heterocycles. The Kier molecular flexibility index (Phi) is 4.39. The molecule has 1 aromatic rings. The molecule has 0 aliphatic carbocycles. The van der Waals surface area contributed by atoms with Crippen LogP contribution in [-0.4, -0.2) is 26.5 Å². The number of benzene rings is 1. The molecule has 0 unspecified atom stereocenters. The molecule has 1 aromatic carbocycles. The van der Waals surface area contributed by atoms with Gasteiger partial charge in [0, 0.05) is 12.5 Å². The number of nitrogens with two attached hydrogens (primary N) is 1. The van der Waals surface area contributed by atoms with E-state index in [1.165, 1.54) is 14.2 Å². The Morgan fingerprint density at radius 1 is 1.24 bits per heavy atom. The van der Waals surface area contributed by atoms with E-state index in [0.717, 1.165) is 6.07 Å². The van der Waals surface area contributed by atoms with Crippen LogP contribution in [0.25, 0.3) is 0 Å². The molecule has 0 spiro atoms. The molecule has 0 atom stereocenters. The van der Waals surface area contributed by atoms with E-state index in [1.807, 2.05) is 0 Å². The molecular formula is C11H13F2NO3. The summed E-state index contributed by atoms with van der Waals surface area (Å²) >= 11 is 0. The lowest BCUT2D eigenvalue weighted by Gasteiger charge is -2.11. The fourth-order valence-electron chi connectivity index (χ4n) is 1.39. The standard InChI is InChI=1S/C11H13F2NO3/c1-16-7-5-8(17-2)11(13)9(10(7)12)6(15)3-4-14/h5H,3-4,14H2,1-2H3. The molecule has 94 valence electrons. The highest BCUT2D eigenvalue weighted by Crippen LogP contribution is 2.31. The van der Waals surface area contributed by atoms with Gasteiger partial charge in [-0.1, -0.05) is 0 Å². The normalized spacial score (nSPS) is 10.2. The van der Waals surface area contributed by atoms with E-state index < -0.39 is 23.0 Å². The monoisotopic (exact) mass is 245 g/mol. The maximum atomic E-state index is 13.7. The highest BCUT2D eigenvalue weighted by molar-refractivity contribution is 5.97. The van der Waals surface area contributed by atoms with E-state index in [1.54, 1.807) is 0 Å². The third kappa shape index (κ3) is 2.52. The van der Waals surface area contributed by atoms with Gasteiger partial charge in [0.2, 0.25) is 0 Å². The second kappa shape index (κ2) is 5.58. The second-order valence-electron chi connectivity index (χ2n) is 3.25. The molecule has 0 fully saturated rings. The lowest BCUT2D eigenvalue weighted by atomic mass is 10.1. The van der Waals surface area contributed by atoms with Gasteiger partial charge in [0.25, 0.3) is 0 Å². The van der Waals surface area contributed by atoms with Crippen molar-refractivity contribution >= 4 is 5.78 Å². The third-order valence-electron chi connectivity index (χ3n) is 2.22. The SMILES string of the molecule is COc1cc(OC)c(F)c(C(=O)CCN)c1F. The Bertz CT molecular complexity index is 407. The van der Waals surface area contributed by atoms with Crippen LogP contribution in [-0.2, 0) is 0 Å². The first-order valence-corrected chi connectivity index (χ1v) is 4.90. The van der Waals surface area contributed by atoms with Crippen LogP contribution >= 0.6 is 0 Å². The minimum Gasteiger partial charge on any atom is -0.494 e. The highest BCUT2D eigenvalue weighted by Gasteiger charge is 2.24. The van der Waals surface area contributed by atoms with Gasteiger partial charge in [-0.05, 0) is 6.54 Å². The maximum Gasteiger partial charge on any atom is 0.179 e. The number of hydrogen-bond acceptors (Lipinski definition) is 4. The smallest absolute Gasteiger partial charge is 0.179 e. The summed E-state index contributed by atoms with van der Waals surface area (Å²) in [4.78, 5) is 11.6. The van der Waals surface area contributed by atoms with E-state index in [4.69, 9.17) is 15.2 Å². The van der Waals surface area contributed by atoms with Crippen LogP contribution < -0.4 is 15.2 Å². The van der Waals surface area contributed by atoms with Gasteiger partial charge in [0.15, 0.2) is 28.9 Å². The first-order valence-electron chi connectivity index (χ1n) is 4.90. The van der Waals surface area contributed by atoms with Gasteiger partial charge in [0.05, 0.1) is 19.8 Å². The second-order valence-corrected chi connectivity index (χ2v) is 3.25. The Morgan fingerprint density at radius 3 is 2.06 bits per heavy atom. The van der Waals surface area contributed by atoms with E-state index in [9.17, 15) is 13.6 Å². The zero-order chi connectivity index (χ0) is 13.0. The minimum atomic E-state index is -1.04. The van der Waals surface area contributed by atoms with Crippen molar-refractivity contribution in [2.45, 2.75) is 6.42 Å². The van der Waals surface area contributed by atoms with Crippen molar-refractivity contribution in [1.82, 2.24) is 0 Å². The number of ketones is 1. The summed E-state index contributed by atoms with van der Waals surface area (Å²) < 4.78 is 36.9. The van der Waals surface area contributed by atoms with Gasteiger partial charge >= 0.3 is 0 Å². The van der Waals surface area contributed by atoms with Gasteiger partial charge in [-0.25, -0.2) is 8.78 Å². The average Bonchev–Trinajstić information content (AvgIpc) is 2.30. The molecule has 1 rings (SSSR count). The fraction of sp³-hybridized carbons (Fsp3) is 0.364. The van der Waals surface area contributed by atoms with Gasteiger partial charge < -0.3 is 15.2 Å². The molecule has 17 heavy (non-hydrogen) atoms. The van der Waals surface area contributed by atoms with Crippen LogP contribution in [0.4, 0.5) is 8.78 Å². The van der Waals surface area contributed by atoms with Crippen molar-refractivity contribution in [1.29, 1.82) is 0 Å². The minimum absolute atomic E-state index is 0.0111. The summed E-state index contributed by atoms with van der Waals surface area (Å²) in [6, 6.07) is 1.05. The Balaban J connectivity index is 3.39. The van der Waals surface area contributed by atoms with Crippen molar-refractivity contribution in [2.24, 2.45) is 5.73 Å². The molecule has 0 saturated heterocycles. The number of carbonyl (C=O) groups excluding carboxylic acids is 1. The van der Waals surface area contributed by atoms with Crippen LogP contribution in [0.2, 0.25) is 0 Å². The first kappa shape index (κ1) is 13.4. The van der Waals surface area contributed by atoms with E-state index in [0.29, 0.717) is 0 Å². The third-order valence-corrected chi connectivity index (χ3v) is 2.22. The largest absolute Gasteiger partial charge is 0.494 e. The first-order chi connectivity index (χ1) is 8.06. The Hall–Kier alpha value is -1.69. The summed E-state index contributed by atoms with van der Waals surface area (Å²) in [6.07, 6.45) is -0.149. The number of Topliss-reactive ketones (excluding diaryl/α,β-unsaturated/α-hetero) is 1. The molecule has 4 nitrogen and oxygen atoms in total. The highest BCUT2D eigenvalue weighted by atomic mass is 19.1. The van der Waals surface area contributed by atoms with Crippen molar-refractivity contribution in [3.63, 3.8) is 0 Å². The number of carbonyl (C=O) groups is 1. The predicted molar refractivity (Wildman–Crippen MR) is 57.5 cm³/mol. The molecule has 0 aliphatic rings. The topological polar surface area (TPSA) is 61.5 Å². The van der Waals surface area contributed by atoms with E-state index in [2.05, 4.69) is 0 Å². The maximum absolute atomic E-state index is 13.7. The molecule has 0 radical (unpaired) electrons. The summed E-state index contributed by atoms with van der Waals surface area (Å²) in [5.74, 6) is -3.29. The summed E-state index contributed by atoms with van der Waals surface area (Å²) in [6.45, 7) is 0.0111. The van der Waals surface area contributed by atoms with Gasteiger partial charge in [-0.15, -0.1) is 0 Å². The number of rotatable bonds is 5. The van der Waals surface area contributed by atoms with Crippen LogP contribution in [0.1, 0.15) is 16.8 Å². The molecule has 0 aromatic heterocycles. The van der Waals surface area contributed by atoms with Crippen molar-refractivity contribution in [2.75, 3.05) is 20.8 Å². The van der Waals surface area contributed by atoms with Crippen molar-refractivity contribution in [3.8, 4) is 11.5 Å². The summed E-state index contributed by atoms with van der Waals surface area (Å²) in [5, 5.41) is 0. The van der Waals surface area contributed by atoms with Gasteiger partial charge in [-0.2, -0.15) is 0 Å². The Morgan fingerprint density at radius 2 is 1.71 bits per heavy atom. The molecule has 6 heteroatoms. The molecule has 2 N–H and O–H groups in total. The molecule has 0 amide bonds. The van der Waals surface area contributed by atoms with Crippen LogP contribution in [0.3, 0.4) is 0 Å². The lowest BCUT2D eigenvalue weighted by molar-refractivity contribution is 0.0975. The molecular weight excluding hydrogens is 232 g/mol. The fourth-order valence-corrected chi connectivity index (χ4v) is 1.39. The van der Waals surface area contributed by atoms with Gasteiger partial charge in [0.1, 0.15) is 0 Å². The van der Waals surface area contributed by atoms with Crippen LogP contribution in [0.5, 0.6) is 11.5 Å². The molecule has 0 saturated carbocycles. The van der Waals surface area contributed by atoms with Crippen molar-refractivity contribution in [3.05, 3.63) is 23.3 Å². The van der Waals surface area contributed by atoms with E-state index >= 15 is 0 Å². The average molecular weight is 245 g/mol. The number of ether oxygens (including phenoxy) is 2. The van der Waals surface area contributed by atoms with Crippen LogP contribution in [0.15, 0.2) is 6.07 Å². The van der Waals surface area contributed by atoms with Crippen LogP contribution in [0, 0.1) is 11.6 Å². The predicted octanol–water partition coefficient (Wildman–Crippen LogP) is 1.51.